The Kier molecular flexibility index (Phi) is 38.8. The first-order chi connectivity index (χ1) is 19.9. The van der Waals surface area contributed by atoms with Crippen molar-refractivity contribution >= 4 is 0 Å². The smallest absolute Gasteiger partial charge is 0.0431 e. The van der Waals surface area contributed by atoms with Crippen molar-refractivity contribution in [2.75, 3.05) is 13.2 Å². The standard InChI is InChI=1S/C38H79NO/c39-37-35-33-31-29-27-25-23-21-19-17-15-13-11-9-7-5-3-1-2-4-6-8-10-12-14-16-18-20-22-24-26-28-30-32-34-36-38-40/h40H,1-39H2. The molecule has 3 N–H and O–H groups in total. The normalized spacial score (nSPS) is 11.6. The van der Waals surface area contributed by atoms with Gasteiger partial charge in [-0.05, 0) is 19.4 Å². The maximum absolute atomic E-state index is 8.79. The van der Waals surface area contributed by atoms with Gasteiger partial charge in [-0.15, -0.1) is 0 Å². The summed E-state index contributed by atoms with van der Waals surface area (Å²) in [5.41, 5.74) is 5.55. The van der Waals surface area contributed by atoms with Gasteiger partial charge in [0, 0.05) is 6.61 Å². The van der Waals surface area contributed by atoms with E-state index in [4.69, 9.17) is 10.8 Å². The quantitative estimate of drug-likeness (QED) is 0.0736. The van der Waals surface area contributed by atoms with E-state index in [-0.39, 0.29) is 0 Å². The monoisotopic (exact) mass is 566 g/mol. The van der Waals surface area contributed by atoms with Gasteiger partial charge in [0.15, 0.2) is 0 Å². The van der Waals surface area contributed by atoms with Crippen LogP contribution in [0.3, 0.4) is 0 Å². The fourth-order valence-corrected chi connectivity index (χ4v) is 6.27. The molecule has 0 aromatic heterocycles. The fourth-order valence-electron chi connectivity index (χ4n) is 6.27. The van der Waals surface area contributed by atoms with Gasteiger partial charge >= 0.3 is 0 Å². The fraction of sp³-hybridized carbons (Fsp3) is 1.00. The van der Waals surface area contributed by atoms with Crippen LogP contribution in [0.25, 0.3) is 0 Å². The highest BCUT2D eigenvalue weighted by Crippen LogP contribution is 2.17. The van der Waals surface area contributed by atoms with Gasteiger partial charge in [-0.25, -0.2) is 0 Å². The molecule has 0 bridgehead atoms. The van der Waals surface area contributed by atoms with Gasteiger partial charge in [0.25, 0.3) is 0 Å². The summed E-state index contributed by atoms with van der Waals surface area (Å²) in [6.45, 7) is 1.25. The van der Waals surface area contributed by atoms with Crippen molar-refractivity contribution in [3.05, 3.63) is 0 Å². The van der Waals surface area contributed by atoms with Crippen LogP contribution < -0.4 is 5.73 Å². The van der Waals surface area contributed by atoms with E-state index >= 15 is 0 Å². The van der Waals surface area contributed by atoms with Gasteiger partial charge in [-0.3, -0.25) is 0 Å². The van der Waals surface area contributed by atoms with Gasteiger partial charge in [0.2, 0.25) is 0 Å². The summed E-state index contributed by atoms with van der Waals surface area (Å²) in [5, 5.41) is 8.79. The lowest BCUT2D eigenvalue weighted by Crippen LogP contribution is -1.97. The molecule has 242 valence electrons. The van der Waals surface area contributed by atoms with Crippen LogP contribution in [-0.2, 0) is 0 Å². The van der Waals surface area contributed by atoms with E-state index in [1.165, 1.54) is 225 Å². The summed E-state index contributed by atoms with van der Waals surface area (Å²) in [7, 11) is 0. The molecule has 0 heterocycles. The second-order valence-corrected chi connectivity index (χ2v) is 13.2. The molecule has 0 spiro atoms. The highest BCUT2D eigenvalue weighted by Gasteiger charge is 1.97. The molecule has 2 nitrogen and oxygen atoms in total. The minimum atomic E-state index is 0.373. The van der Waals surface area contributed by atoms with E-state index in [0.717, 1.165) is 13.0 Å². The van der Waals surface area contributed by atoms with Crippen LogP contribution in [0.15, 0.2) is 0 Å². The maximum Gasteiger partial charge on any atom is 0.0431 e. The highest BCUT2D eigenvalue weighted by molar-refractivity contribution is 4.53. The minimum absolute atomic E-state index is 0.373. The Morgan fingerprint density at radius 1 is 0.200 bits per heavy atom. The van der Waals surface area contributed by atoms with Crippen LogP contribution >= 0.6 is 0 Å². The van der Waals surface area contributed by atoms with Gasteiger partial charge in [-0.1, -0.05) is 218 Å². The molecular formula is C38H79NO. The van der Waals surface area contributed by atoms with Crippen LogP contribution in [0, 0.1) is 0 Å². The van der Waals surface area contributed by atoms with Crippen molar-refractivity contribution in [3.63, 3.8) is 0 Å². The molecule has 0 aromatic carbocycles. The number of unbranched alkanes of at least 4 members (excludes halogenated alkanes) is 35. The summed E-state index contributed by atoms with van der Waals surface area (Å²) in [5.74, 6) is 0. The molecule has 0 aliphatic rings. The lowest BCUT2D eigenvalue weighted by molar-refractivity contribution is 0.282. The second-order valence-electron chi connectivity index (χ2n) is 13.2. The van der Waals surface area contributed by atoms with Gasteiger partial charge in [0.05, 0.1) is 0 Å². The summed E-state index contributed by atoms with van der Waals surface area (Å²) in [4.78, 5) is 0. The average Bonchev–Trinajstić information content (AvgIpc) is 2.97. The summed E-state index contributed by atoms with van der Waals surface area (Å²) >= 11 is 0. The maximum atomic E-state index is 8.79. The third-order valence-corrected chi connectivity index (χ3v) is 9.11. The molecule has 0 radical (unpaired) electrons. The number of aliphatic hydroxyl groups is 1. The first-order valence-electron chi connectivity index (χ1n) is 19.2. The predicted octanol–water partition coefficient (Wildman–Crippen LogP) is 13.0. The third-order valence-electron chi connectivity index (χ3n) is 9.11. The molecule has 0 saturated carbocycles. The molecule has 0 fully saturated rings. The number of hydrogen-bond acceptors (Lipinski definition) is 2. The van der Waals surface area contributed by atoms with Crippen LogP contribution in [0.1, 0.15) is 231 Å². The van der Waals surface area contributed by atoms with E-state index in [1.807, 2.05) is 0 Å². The largest absolute Gasteiger partial charge is 0.396 e. The van der Waals surface area contributed by atoms with E-state index in [2.05, 4.69) is 0 Å². The van der Waals surface area contributed by atoms with Crippen LogP contribution in [0.4, 0.5) is 0 Å². The van der Waals surface area contributed by atoms with Crippen molar-refractivity contribution in [1.82, 2.24) is 0 Å². The molecular weight excluding hydrogens is 486 g/mol. The van der Waals surface area contributed by atoms with Crippen molar-refractivity contribution in [2.24, 2.45) is 5.73 Å². The van der Waals surface area contributed by atoms with Crippen molar-refractivity contribution in [2.45, 2.75) is 231 Å². The highest BCUT2D eigenvalue weighted by atomic mass is 16.2. The lowest BCUT2D eigenvalue weighted by atomic mass is 10.0. The Morgan fingerprint density at radius 3 is 0.450 bits per heavy atom. The summed E-state index contributed by atoms with van der Waals surface area (Å²) in [6.07, 6.45) is 51.4. The van der Waals surface area contributed by atoms with Gasteiger partial charge in [0.1, 0.15) is 0 Å². The molecule has 0 aliphatic carbocycles. The molecule has 0 aliphatic heterocycles. The molecule has 0 unspecified atom stereocenters. The molecule has 40 heavy (non-hydrogen) atoms. The molecule has 0 aromatic rings. The summed E-state index contributed by atoms with van der Waals surface area (Å²) in [6, 6.07) is 0. The molecule has 0 saturated heterocycles. The van der Waals surface area contributed by atoms with E-state index in [9.17, 15) is 0 Å². The number of nitrogens with two attached hydrogens (primary N) is 1. The molecule has 0 atom stereocenters. The van der Waals surface area contributed by atoms with Crippen molar-refractivity contribution in [1.29, 1.82) is 0 Å². The van der Waals surface area contributed by atoms with E-state index in [1.54, 1.807) is 0 Å². The molecule has 0 amide bonds. The zero-order valence-corrected chi connectivity index (χ0v) is 27.9. The van der Waals surface area contributed by atoms with Gasteiger partial charge in [-0.2, -0.15) is 0 Å². The topological polar surface area (TPSA) is 46.2 Å². The first-order valence-corrected chi connectivity index (χ1v) is 19.2. The van der Waals surface area contributed by atoms with Gasteiger partial charge < -0.3 is 10.8 Å². The van der Waals surface area contributed by atoms with Crippen molar-refractivity contribution < 1.29 is 5.11 Å². The Morgan fingerprint density at radius 2 is 0.325 bits per heavy atom. The third kappa shape index (κ3) is 37.9. The zero-order valence-electron chi connectivity index (χ0n) is 27.9. The summed E-state index contributed by atoms with van der Waals surface area (Å²) < 4.78 is 0. The predicted molar refractivity (Wildman–Crippen MR) is 182 cm³/mol. The number of aliphatic hydroxyl groups excluding tert-OH is 1. The number of rotatable bonds is 37. The molecule has 2 heteroatoms. The lowest BCUT2D eigenvalue weighted by Gasteiger charge is -2.05. The Hall–Kier alpha value is -0.0800. The Bertz CT molecular complexity index is 374. The Labute approximate surface area is 254 Å². The van der Waals surface area contributed by atoms with E-state index in [0.29, 0.717) is 6.61 Å². The van der Waals surface area contributed by atoms with Crippen LogP contribution in [-0.4, -0.2) is 18.3 Å². The SMILES string of the molecule is NCCCCCCCCCCCCCCCCCCCCCCCCCCCCCCCCCCCCCCO. The average molecular weight is 566 g/mol. The van der Waals surface area contributed by atoms with E-state index < -0.39 is 0 Å². The minimum Gasteiger partial charge on any atom is -0.396 e. The first kappa shape index (κ1) is 39.9. The van der Waals surface area contributed by atoms with Crippen molar-refractivity contribution in [3.8, 4) is 0 Å². The van der Waals surface area contributed by atoms with Crippen LogP contribution in [0.2, 0.25) is 0 Å². The number of hydrogen-bond donors (Lipinski definition) is 2. The zero-order chi connectivity index (χ0) is 28.9. The Balaban J connectivity index is 3.01. The molecule has 0 rings (SSSR count). The second kappa shape index (κ2) is 38.9. The van der Waals surface area contributed by atoms with Crippen LogP contribution in [0.5, 0.6) is 0 Å².